The Labute approximate surface area is 179 Å². The Morgan fingerprint density at radius 1 is 1.26 bits per heavy atom. The molecule has 10 nitrogen and oxygen atoms in total. The van der Waals surface area contributed by atoms with Gasteiger partial charge in [-0.05, 0) is 56.2 Å². The number of carbonyl (C=O) groups excluding carboxylic acids is 1. The van der Waals surface area contributed by atoms with Crippen molar-refractivity contribution in [2.75, 3.05) is 0 Å². The van der Waals surface area contributed by atoms with Gasteiger partial charge in [0, 0.05) is 12.1 Å². The van der Waals surface area contributed by atoms with Gasteiger partial charge in [0.1, 0.15) is 6.42 Å². The fourth-order valence-electron chi connectivity index (χ4n) is 3.10. The molecule has 0 unspecified atom stereocenters. The number of hydrogen-bond acceptors (Lipinski definition) is 6. The molecule has 1 aromatic carbocycles. The van der Waals surface area contributed by atoms with Gasteiger partial charge < -0.3 is 5.73 Å². The highest BCUT2D eigenvalue weighted by atomic mass is 32.2. The zero-order valence-corrected chi connectivity index (χ0v) is 18.2. The lowest BCUT2D eigenvalue weighted by Gasteiger charge is -2.15. The van der Waals surface area contributed by atoms with E-state index in [0.717, 1.165) is 25.7 Å². The maximum Gasteiger partial charge on any atom is 0.328 e. The van der Waals surface area contributed by atoms with Gasteiger partial charge >= 0.3 is 5.69 Å². The number of nitriles is 1. The molecule has 2 aliphatic carbocycles. The molecule has 2 aromatic rings. The van der Waals surface area contributed by atoms with Crippen LogP contribution >= 0.6 is 0 Å². The fraction of sp³-hybridized carbons (Fsp3) is 0.500. The van der Waals surface area contributed by atoms with Crippen LogP contribution < -0.4 is 21.7 Å². The molecule has 0 saturated heterocycles. The maximum absolute atomic E-state index is 12.5. The van der Waals surface area contributed by atoms with Gasteiger partial charge in [0.15, 0.2) is 0 Å². The van der Waals surface area contributed by atoms with Crippen LogP contribution in [0.2, 0.25) is 0 Å². The van der Waals surface area contributed by atoms with Crippen LogP contribution in [0, 0.1) is 16.7 Å². The SMILES string of the molecule is CC1(Cn2c(=O)[nH]c(=O)c3cc(S(=O)(=O)NC4(C)CC4)ccc32)CC1.N#CCC(N)=O. The van der Waals surface area contributed by atoms with Crippen molar-refractivity contribution >= 4 is 26.8 Å². The van der Waals surface area contributed by atoms with E-state index in [1.165, 1.54) is 16.7 Å². The van der Waals surface area contributed by atoms with E-state index in [4.69, 9.17) is 5.26 Å². The van der Waals surface area contributed by atoms with E-state index in [2.05, 4.69) is 22.4 Å². The topological polar surface area (TPSA) is 168 Å². The average Bonchev–Trinajstić information content (AvgIpc) is 3.58. The van der Waals surface area contributed by atoms with Crippen molar-refractivity contribution in [1.29, 1.82) is 5.26 Å². The van der Waals surface area contributed by atoms with Crippen molar-refractivity contribution in [3.05, 3.63) is 39.0 Å². The van der Waals surface area contributed by atoms with Gasteiger partial charge in [-0.15, -0.1) is 0 Å². The Morgan fingerprint density at radius 3 is 2.39 bits per heavy atom. The summed E-state index contributed by atoms with van der Waals surface area (Å²) in [4.78, 5) is 36.4. The summed E-state index contributed by atoms with van der Waals surface area (Å²) < 4.78 is 29.3. The number of H-pyrrole nitrogens is 1. The van der Waals surface area contributed by atoms with Crippen LogP contribution in [0.5, 0.6) is 0 Å². The normalized spacial score (nSPS) is 17.8. The summed E-state index contributed by atoms with van der Waals surface area (Å²) in [6.07, 6.45) is 3.50. The fourth-order valence-corrected chi connectivity index (χ4v) is 4.59. The number of primary amides is 1. The number of amides is 1. The zero-order chi connectivity index (χ0) is 23.0. The number of rotatable bonds is 6. The van der Waals surface area contributed by atoms with E-state index in [-0.39, 0.29) is 27.7 Å². The first kappa shape index (κ1) is 22.7. The monoisotopic (exact) mass is 447 g/mol. The highest BCUT2D eigenvalue weighted by Gasteiger charge is 2.41. The molecule has 4 rings (SSSR count). The van der Waals surface area contributed by atoms with E-state index in [0.29, 0.717) is 12.1 Å². The van der Waals surface area contributed by atoms with Crippen molar-refractivity contribution in [3.8, 4) is 6.07 Å². The van der Waals surface area contributed by atoms with Gasteiger partial charge in [-0.2, -0.15) is 5.26 Å². The molecule has 31 heavy (non-hydrogen) atoms. The number of nitrogens with two attached hydrogens (primary N) is 1. The van der Waals surface area contributed by atoms with Gasteiger partial charge in [-0.3, -0.25) is 19.1 Å². The van der Waals surface area contributed by atoms with Crippen molar-refractivity contribution in [3.63, 3.8) is 0 Å². The van der Waals surface area contributed by atoms with Crippen molar-refractivity contribution < 1.29 is 13.2 Å². The van der Waals surface area contributed by atoms with Crippen molar-refractivity contribution in [1.82, 2.24) is 14.3 Å². The molecular weight excluding hydrogens is 422 g/mol. The number of aromatic amines is 1. The number of carbonyl (C=O) groups is 1. The largest absolute Gasteiger partial charge is 0.369 e. The van der Waals surface area contributed by atoms with Crippen LogP contribution in [0.3, 0.4) is 0 Å². The first-order valence-electron chi connectivity index (χ1n) is 9.84. The van der Waals surface area contributed by atoms with E-state index in [1.54, 1.807) is 12.1 Å². The summed E-state index contributed by atoms with van der Waals surface area (Å²) in [7, 11) is -3.70. The number of nitrogens with zero attached hydrogens (tertiary/aromatic N) is 2. The Balaban J connectivity index is 0.000000401. The Kier molecular flexibility index (Phi) is 5.82. The number of nitrogens with one attached hydrogen (secondary N) is 2. The molecule has 1 heterocycles. The molecule has 0 spiro atoms. The highest BCUT2D eigenvalue weighted by Crippen LogP contribution is 2.46. The third-order valence-corrected chi connectivity index (χ3v) is 7.19. The van der Waals surface area contributed by atoms with Gasteiger partial charge in [0.25, 0.3) is 5.56 Å². The molecule has 0 atom stereocenters. The van der Waals surface area contributed by atoms with Crippen LogP contribution in [0.4, 0.5) is 0 Å². The second kappa shape index (κ2) is 7.94. The summed E-state index contributed by atoms with van der Waals surface area (Å²) in [5.74, 6) is -0.572. The third-order valence-electron chi connectivity index (χ3n) is 5.56. The van der Waals surface area contributed by atoms with Crippen molar-refractivity contribution in [2.24, 2.45) is 11.1 Å². The number of hydrogen-bond donors (Lipinski definition) is 3. The van der Waals surface area contributed by atoms with Gasteiger partial charge in [0.2, 0.25) is 15.9 Å². The van der Waals surface area contributed by atoms with E-state index >= 15 is 0 Å². The molecule has 2 aliphatic rings. The lowest BCUT2D eigenvalue weighted by atomic mass is 10.1. The first-order valence-corrected chi connectivity index (χ1v) is 11.3. The van der Waals surface area contributed by atoms with Gasteiger partial charge in [-0.25, -0.2) is 17.9 Å². The van der Waals surface area contributed by atoms with Crippen LogP contribution in [0.1, 0.15) is 46.0 Å². The second-order valence-corrected chi connectivity index (χ2v) is 10.5. The molecule has 2 fully saturated rings. The van der Waals surface area contributed by atoms with Crippen molar-refractivity contribution in [2.45, 2.75) is 62.9 Å². The minimum absolute atomic E-state index is 0.0430. The average molecular weight is 448 g/mol. The predicted octanol–water partition coefficient (Wildman–Crippen LogP) is 0.706. The number of sulfonamides is 1. The zero-order valence-electron chi connectivity index (χ0n) is 17.4. The number of aromatic nitrogens is 2. The predicted molar refractivity (Wildman–Crippen MR) is 114 cm³/mol. The summed E-state index contributed by atoms with van der Waals surface area (Å²) in [5, 5.41) is 7.90. The van der Waals surface area contributed by atoms with Crippen LogP contribution in [0.25, 0.3) is 10.9 Å². The summed E-state index contributed by atoms with van der Waals surface area (Å²) in [6.45, 7) is 4.46. The minimum Gasteiger partial charge on any atom is -0.369 e. The smallest absolute Gasteiger partial charge is 0.328 e. The molecule has 166 valence electrons. The van der Waals surface area contributed by atoms with Crippen LogP contribution in [0.15, 0.2) is 32.7 Å². The molecule has 1 aromatic heterocycles. The standard InChI is InChI=1S/C17H21N3O4S.C3H4N2O/c1-16(5-6-16)10-20-13-4-3-11(9-12(13)14(21)18-15(20)22)25(23,24)19-17(2)7-8-17;4-2-1-3(5)6/h3-4,9,19H,5-8,10H2,1-2H3,(H,18,21,22);1H2,(H2,5,6). The quantitative estimate of drug-likeness (QED) is 0.589. The maximum atomic E-state index is 12.5. The summed E-state index contributed by atoms with van der Waals surface area (Å²) in [6, 6.07) is 5.96. The molecule has 0 aliphatic heterocycles. The molecular formula is C20H25N5O5S. The molecule has 0 bridgehead atoms. The van der Waals surface area contributed by atoms with E-state index in [1.807, 2.05) is 6.92 Å². The first-order chi connectivity index (χ1) is 14.4. The highest BCUT2D eigenvalue weighted by molar-refractivity contribution is 7.89. The van der Waals surface area contributed by atoms with Crippen LogP contribution in [-0.2, 0) is 21.4 Å². The Hall–Kier alpha value is -2.97. The number of fused-ring (bicyclic) bond motifs is 1. The molecule has 4 N–H and O–H groups in total. The Morgan fingerprint density at radius 2 is 1.90 bits per heavy atom. The number of benzene rings is 1. The molecule has 0 radical (unpaired) electrons. The summed E-state index contributed by atoms with van der Waals surface area (Å²) >= 11 is 0. The minimum atomic E-state index is -3.70. The lowest BCUT2D eigenvalue weighted by molar-refractivity contribution is -0.117. The van der Waals surface area contributed by atoms with Crippen LogP contribution in [-0.4, -0.2) is 29.4 Å². The van der Waals surface area contributed by atoms with Gasteiger partial charge in [0.05, 0.1) is 21.9 Å². The van der Waals surface area contributed by atoms with E-state index < -0.39 is 27.2 Å². The third kappa shape index (κ3) is 5.39. The second-order valence-electron chi connectivity index (χ2n) is 8.80. The molecule has 11 heteroatoms. The summed E-state index contributed by atoms with van der Waals surface area (Å²) in [5.41, 5.74) is 3.68. The van der Waals surface area contributed by atoms with E-state index in [9.17, 15) is 22.8 Å². The lowest BCUT2D eigenvalue weighted by Crippen LogP contribution is -2.35. The molecule has 2 saturated carbocycles. The van der Waals surface area contributed by atoms with Gasteiger partial charge in [-0.1, -0.05) is 6.92 Å². The molecule has 1 amide bonds. The Bertz CT molecular complexity index is 1290.